The first kappa shape index (κ1) is 12.5. The summed E-state index contributed by atoms with van der Waals surface area (Å²) in [4.78, 5) is 12.8. The Balaban J connectivity index is 2.15. The molecule has 0 aliphatic rings. The normalized spacial score (nSPS) is 9.88. The Morgan fingerprint density at radius 3 is 2.69 bits per heavy atom. The summed E-state index contributed by atoms with van der Waals surface area (Å²) < 4.78 is 5.50. The minimum atomic E-state index is -0.0419. The molecular weight excluding hydrogens is 204 g/mol. The molecule has 0 atom stereocenters. The molecule has 0 unspecified atom stereocenters. The highest BCUT2D eigenvalue weighted by Gasteiger charge is 2.04. The largest absolute Gasteiger partial charge is 0.494 e. The lowest BCUT2D eigenvalue weighted by Gasteiger charge is -2.15. The summed E-state index contributed by atoms with van der Waals surface area (Å²) in [5.74, 6) is 0.815. The Morgan fingerprint density at radius 1 is 1.38 bits per heavy atom. The number of rotatable bonds is 6. The number of hydrogen-bond acceptors (Lipinski definition) is 3. The van der Waals surface area contributed by atoms with Crippen LogP contribution in [0, 0.1) is 0 Å². The van der Waals surface area contributed by atoms with Crippen molar-refractivity contribution < 1.29 is 9.53 Å². The number of likely N-dealkylation sites (N-methyl/N-ethyl adjacent to an activating group) is 1. The predicted octanol–water partition coefficient (Wildman–Crippen LogP) is 0.873. The van der Waals surface area contributed by atoms with Gasteiger partial charge in [0, 0.05) is 13.6 Å². The van der Waals surface area contributed by atoms with E-state index in [4.69, 9.17) is 10.5 Å². The second kappa shape index (κ2) is 6.85. The molecule has 0 saturated heterocycles. The maximum Gasteiger partial charge on any atom is 0.236 e. The Morgan fingerprint density at radius 2 is 2.06 bits per heavy atom. The van der Waals surface area contributed by atoms with Crippen LogP contribution in [-0.2, 0) is 4.79 Å². The number of nitrogens with zero attached hydrogens (tertiary/aromatic N) is 1. The average molecular weight is 222 g/mol. The summed E-state index contributed by atoms with van der Waals surface area (Å²) in [6, 6.07) is 9.63. The monoisotopic (exact) mass is 222 g/mol. The van der Waals surface area contributed by atoms with E-state index in [9.17, 15) is 4.79 Å². The van der Waals surface area contributed by atoms with Crippen molar-refractivity contribution in [3.63, 3.8) is 0 Å². The van der Waals surface area contributed by atoms with E-state index in [1.54, 1.807) is 11.9 Å². The predicted molar refractivity (Wildman–Crippen MR) is 63.2 cm³/mol. The van der Waals surface area contributed by atoms with Gasteiger partial charge in [-0.25, -0.2) is 0 Å². The van der Waals surface area contributed by atoms with Crippen LogP contribution in [0.15, 0.2) is 30.3 Å². The summed E-state index contributed by atoms with van der Waals surface area (Å²) >= 11 is 0. The third kappa shape index (κ3) is 4.31. The van der Waals surface area contributed by atoms with Gasteiger partial charge >= 0.3 is 0 Å². The zero-order chi connectivity index (χ0) is 11.8. The molecule has 4 nitrogen and oxygen atoms in total. The standard InChI is InChI=1S/C12H18N2O2/c1-14(12(15)10-13)8-5-9-16-11-6-3-2-4-7-11/h2-4,6-7H,5,8-10,13H2,1H3. The van der Waals surface area contributed by atoms with Crippen molar-refractivity contribution in [3.05, 3.63) is 30.3 Å². The maximum absolute atomic E-state index is 11.1. The van der Waals surface area contributed by atoms with Crippen molar-refractivity contribution in [2.24, 2.45) is 5.73 Å². The lowest BCUT2D eigenvalue weighted by atomic mass is 10.3. The fourth-order valence-electron chi connectivity index (χ4n) is 1.29. The van der Waals surface area contributed by atoms with Gasteiger partial charge in [-0.05, 0) is 18.6 Å². The van der Waals surface area contributed by atoms with E-state index in [1.807, 2.05) is 30.3 Å². The molecule has 0 bridgehead atoms. The van der Waals surface area contributed by atoms with Crippen molar-refractivity contribution in [2.75, 3.05) is 26.7 Å². The number of hydrogen-bond donors (Lipinski definition) is 1. The van der Waals surface area contributed by atoms with Crippen LogP contribution in [0.25, 0.3) is 0 Å². The van der Waals surface area contributed by atoms with Crippen molar-refractivity contribution in [3.8, 4) is 5.75 Å². The zero-order valence-corrected chi connectivity index (χ0v) is 9.56. The molecule has 1 amide bonds. The summed E-state index contributed by atoms with van der Waals surface area (Å²) in [7, 11) is 1.75. The Bertz CT molecular complexity index is 314. The second-order valence-corrected chi connectivity index (χ2v) is 3.53. The average Bonchev–Trinajstić information content (AvgIpc) is 2.34. The first-order valence-electron chi connectivity index (χ1n) is 5.36. The van der Waals surface area contributed by atoms with Gasteiger partial charge in [-0.3, -0.25) is 4.79 Å². The van der Waals surface area contributed by atoms with Crippen molar-refractivity contribution in [1.82, 2.24) is 4.90 Å². The quantitative estimate of drug-likeness (QED) is 0.727. The van der Waals surface area contributed by atoms with Gasteiger partial charge in [-0.2, -0.15) is 0 Å². The van der Waals surface area contributed by atoms with Gasteiger partial charge in [0.25, 0.3) is 0 Å². The van der Waals surface area contributed by atoms with Crippen LogP contribution < -0.4 is 10.5 Å². The van der Waals surface area contributed by atoms with E-state index in [-0.39, 0.29) is 12.5 Å². The van der Waals surface area contributed by atoms with Crippen LogP contribution in [0.2, 0.25) is 0 Å². The van der Waals surface area contributed by atoms with E-state index in [2.05, 4.69) is 0 Å². The summed E-state index contributed by atoms with van der Waals surface area (Å²) in [5, 5.41) is 0. The highest BCUT2D eigenvalue weighted by molar-refractivity contribution is 5.77. The first-order valence-corrected chi connectivity index (χ1v) is 5.36. The molecule has 0 spiro atoms. The van der Waals surface area contributed by atoms with Crippen LogP contribution in [-0.4, -0.2) is 37.6 Å². The SMILES string of the molecule is CN(CCCOc1ccccc1)C(=O)CN. The van der Waals surface area contributed by atoms with Crippen LogP contribution >= 0.6 is 0 Å². The van der Waals surface area contributed by atoms with Gasteiger partial charge in [0.1, 0.15) is 5.75 Å². The van der Waals surface area contributed by atoms with Gasteiger partial charge in [-0.1, -0.05) is 18.2 Å². The molecule has 1 rings (SSSR count). The smallest absolute Gasteiger partial charge is 0.236 e. The van der Waals surface area contributed by atoms with Gasteiger partial charge in [0.2, 0.25) is 5.91 Å². The van der Waals surface area contributed by atoms with Gasteiger partial charge in [0.15, 0.2) is 0 Å². The molecule has 0 aromatic heterocycles. The molecular formula is C12H18N2O2. The molecule has 0 saturated carbocycles. The highest BCUT2D eigenvalue weighted by atomic mass is 16.5. The van der Waals surface area contributed by atoms with E-state index >= 15 is 0 Å². The number of para-hydroxylation sites is 1. The minimum absolute atomic E-state index is 0.0419. The highest BCUT2D eigenvalue weighted by Crippen LogP contribution is 2.08. The van der Waals surface area contributed by atoms with E-state index < -0.39 is 0 Å². The lowest BCUT2D eigenvalue weighted by Crippen LogP contribution is -2.33. The van der Waals surface area contributed by atoms with Crippen LogP contribution in [0.1, 0.15) is 6.42 Å². The van der Waals surface area contributed by atoms with Crippen LogP contribution in [0.5, 0.6) is 5.75 Å². The topological polar surface area (TPSA) is 55.6 Å². The summed E-state index contributed by atoms with van der Waals surface area (Å²) in [6.07, 6.45) is 0.803. The fraction of sp³-hybridized carbons (Fsp3) is 0.417. The third-order valence-corrected chi connectivity index (χ3v) is 2.25. The molecule has 0 aliphatic heterocycles. The van der Waals surface area contributed by atoms with Gasteiger partial charge in [-0.15, -0.1) is 0 Å². The van der Waals surface area contributed by atoms with Crippen LogP contribution in [0.4, 0.5) is 0 Å². The van der Waals surface area contributed by atoms with E-state index in [1.165, 1.54) is 0 Å². The molecule has 4 heteroatoms. The van der Waals surface area contributed by atoms with Crippen molar-refractivity contribution in [2.45, 2.75) is 6.42 Å². The number of nitrogens with two attached hydrogens (primary N) is 1. The molecule has 16 heavy (non-hydrogen) atoms. The van der Waals surface area contributed by atoms with Gasteiger partial charge < -0.3 is 15.4 Å². The van der Waals surface area contributed by atoms with Gasteiger partial charge in [0.05, 0.1) is 13.2 Å². The molecule has 2 N–H and O–H groups in total. The number of ether oxygens (including phenoxy) is 1. The fourth-order valence-corrected chi connectivity index (χ4v) is 1.29. The molecule has 1 aromatic carbocycles. The van der Waals surface area contributed by atoms with Crippen molar-refractivity contribution >= 4 is 5.91 Å². The van der Waals surface area contributed by atoms with Crippen molar-refractivity contribution in [1.29, 1.82) is 0 Å². The van der Waals surface area contributed by atoms with Crippen LogP contribution in [0.3, 0.4) is 0 Å². The Labute approximate surface area is 96.0 Å². The second-order valence-electron chi connectivity index (χ2n) is 3.53. The molecule has 0 heterocycles. The van der Waals surface area contributed by atoms with E-state index in [0.717, 1.165) is 12.2 Å². The molecule has 0 aliphatic carbocycles. The number of benzene rings is 1. The third-order valence-electron chi connectivity index (χ3n) is 2.25. The number of carbonyl (C=O) groups is 1. The number of carbonyl (C=O) groups excluding carboxylic acids is 1. The zero-order valence-electron chi connectivity index (χ0n) is 9.56. The first-order chi connectivity index (χ1) is 7.74. The molecule has 88 valence electrons. The number of amides is 1. The lowest BCUT2D eigenvalue weighted by molar-refractivity contribution is -0.128. The molecule has 1 aromatic rings. The summed E-state index contributed by atoms with van der Waals surface area (Å²) in [6.45, 7) is 1.34. The Hall–Kier alpha value is -1.55. The maximum atomic E-state index is 11.1. The molecule has 0 radical (unpaired) electrons. The van der Waals surface area contributed by atoms with E-state index in [0.29, 0.717) is 13.2 Å². The minimum Gasteiger partial charge on any atom is -0.494 e. The molecule has 0 fully saturated rings. The summed E-state index contributed by atoms with van der Waals surface area (Å²) in [5.41, 5.74) is 5.25. The Kier molecular flexibility index (Phi) is 5.36.